The number of ketones is 1. The number of allylic oxidation sites excluding steroid dienone is 1. The molecule has 0 saturated heterocycles. The van der Waals surface area contributed by atoms with Gasteiger partial charge in [-0.25, -0.2) is 4.98 Å². The number of fused-ring (bicyclic) bond motifs is 1. The van der Waals surface area contributed by atoms with E-state index in [1.165, 1.54) is 5.56 Å². The molecular formula is C25H21NO2. The molecule has 3 heteroatoms. The summed E-state index contributed by atoms with van der Waals surface area (Å²) >= 11 is 0. The van der Waals surface area contributed by atoms with Crippen molar-refractivity contribution in [3.8, 4) is 0 Å². The summed E-state index contributed by atoms with van der Waals surface area (Å²) in [4.78, 5) is 17.8. The first-order valence-electron chi connectivity index (χ1n) is 9.39. The lowest BCUT2D eigenvalue weighted by atomic mass is 9.98. The van der Waals surface area contributed by atoms with Crippen LogP contribution >= 0.6 is 0 Å². The number of hydrogen-bond donors (Lipinski definition) is 0. The second-order valence-corrected chi connectivity index (χ2v) is 7.06. The number of nitrogens with zero attached hydrogens (tertiary/aromatic N) is 1. The number of Topliss-reactive ketones (excluding diaryl/α,β-unsaturated/α-hetero) is 1. The quantitative estimate of drug-likeness (QED) is 0.304. The summed E-state index contributed by atoms with van der Waals surface area (Å²) in [6.45, 7) is 4.32. The second-order valence-electron chi connectivity index (χ2n) is 7.06. The van der Waals surface area contributed by atoms with Gasteiger partial charge < -0.3 is 4.42 Å². The van der Waals surface area contributed by atoms with Gasteiger partial charge in [-0.3, -0.25) is 4.79 Å². The van der Waals surface area contributed by atoms with Crippen molar-refractivity contribution in [3.63, 3.8) is 0 Å². The van der Waals surface area contributed by atoms with Crippen LogP contribution in [-0.4, -0.2) is 10.8 Å². The fourth-order valence-electron chi connectivity index (χ4n) is 3.10. The standard InChI is InChI=1S/C25H21NO2/c1-17(2)19-14-12-18(13-15-19)16-21(24(27)20-8-4-3-5-9-20)25-26-22-10-6-7-11-23(22)28-25/h3-17H,1-2H3/b21-16-. The molecule has 138 valence electrons. The third kappa shape index (κ3) is 3.65. The van der Waals surface area contributed by atoms with Crippen LogP contribution in [0.5, 0.6) is 0 Å². The van der Waals surface area contributed by atoms with Gasteiger partial charge in [0.15, 0.2) is 11.4 Å². The largest absolute Gasteiger partial charge is 0.436 e. The Kier molecular flexibility index (Phi) is 4.90. The van der Waals surface area contributed by atoms with Crippen LogP contribution in [0.15, 0.2) is 83.3 Å². The predicted molar refractivity (Wildman–Crippen MR) is 113 cm³/mol. The molecule has 0 radical (unpaired) electrons. The van der Waals surface area contributed by atoms with Crippen molar-refractivity contribution in [1.82, 2.24) is 4.98 Å². The van der Waals surface area contributed by atoms with Gasteiger partial charge in [0.1, 0.15) is 5.52 Å². The highest BCUT2D eigenvalue weighted by molar-refractivity contribution is 6.31. The molecule has 1 heterocycles. The van der Waals surface area contributed by atoms with Crippen molar-refractivity contribution in [3.05, 3.63) is 101 Å². The summed E-state index contributed by atoms with van der Waals surface area (Å²) in [6.07, 6.45) is 1.85. The van der Waals surface area contributed by atoms with Gasteiger partial charge in [-0.2, -0.15) is 0 Å². The van der Waals surface area contributed by atoms with Gasteiger partial charge in [-0.05, 0) is 35.3 Å². The minimum absolute atomic E-state index is 0.111. The molecule has 0 atom stereocenters. The van der Waals surface area contributed by atoms with E-state index < -0.39 is 0 Å². The van der Waals surface area contributed by atoms with E-state index in [-0.39, 0.29) is 5.78 Å². The van der Waals surface area contributed by atoms with Gasteiger partial charge in [-0.1, -0.05) is 80.6 Å². The SMILES string of the molecule is CC(C)c1ccc(/C=C(/C(=O)c2ccccc2)c2nc3ccccc3o2)cc1. The van der Waals surface area contributed by atoms with E-state index in [1.807, 2.05) is 60.7 Å². The topological polar surface area (TPSA) is 43.1 Å². The van der Waals surface area contributed by atoms with Crippen molar-refractivity contribution in [1.29, 1.82) is 0 Å². The Balaban J connectivity index is 1.82. The third-order valence-corrected chi connectivity index (χ3v) is 4.72. The highest BCUT2D eigenvalue weighted by Crippen LogP contribution is 2.26. The number of aromatic nitrogens is 1. The Hall–Kier alpha value is -3.46. The number of carbonyl (C=O) groups excluding carboxylic acids is 1. The van der Waals surface area contributed by atoms with Crippen LogP contribution in [0.25, 0.3) is 22.7 Å². The van der Waals surface area contributed by atoms with Gasteiger partial charge in [0.25, 0.3) is 0 Å². The molecule has 0 aliphatic rings. The average molecular weight is 367 g/mol. The highest BCUT2D eigenvalue weighted by Gasteiger charge is 2.20. The van der Waals surface area contributed by atoms with Crippen molar-refractivity contribution in [2.45, 2.75) is 19.8 Å². The van der Waals surface area contributed by atoms with E-state index in [4.69, 9.17) is 4.42 Å². The summed E-state index contributed by atoms with van der Waals surface area (Å²) in [5.41, 5.74) is 4.65. The van der Waals surface area contributed by atoms with E-state index in [2.05, 4.69) is 31.0 Å². The summed E-state index contributed by atoms with van der Waals surface area (Å²) in [7, 11) is 0. The predicted octanol–water partition coefficient (Wildman–Crippen LogP) is 6.37. The monoisotopic (exact) mass is 367 g/mol. The molecule has 0 spiro atoms. The molecule has 28 heavy (non-hydrogen) atoms. The molecule has 4 rings (SSSR count). The fourth-order valence-corrected chi connectivity index (χ4v) is 3.10. The van der Waals surface area contributed by atoms with Gasteiger partial charge in [0.05, 0.1) is 5.57 Å². The molecule has 0 aliphatic carbocycles. The number of benzene rings is 3. The van der Waals surface area contributed by atoms with Crippen LogP contribution in [0.2, 0.25) is 0 Å². The van der Waals surface area contributed by atoms with Crippen LogP contribution in [0, 0.1) is 0 Å². The molecule has 0 bridgehead atoms. The molecule has 4 aromatic rings. The van der Waals surface area contributed by atoms with Crippen LogP contribution in [0.4, 0.5) is 0 Å². The lowest BCUT2D eigenvalue weighted by Gasteiger charge is -2.07. The normalized spacial score (nSPS) is 11.9. The van der Waals surface area contributed by atoms with Gasteiger partial charge in [0.2, 0.25) is 5.89 Å². The van der Waals surface area contributed by atoms with E-state index >= 15 is 0 Å². The van der Waals surface area contributed by atoms with Crippen LogP contribution < -0.4 is 0 Å². The van der Waals surface area contributed by atoms with Crippen LogP contribution in [-0.2, 0) is 0 Å². The fraction of sp³-hybridized carbons (Fsp3) is 0.120. The first-order chi connectivity index (χ1) is 13.6. The molecular weight excluding hydrogens is 346 g/mol. The summed E-state index contributed by atoms with van der Waals surface area (Å²) in [6, 6.07) is 25.0. The maximum atomic E-state index is 13.2. The molecule has 3 nitrogen and oxygen atoms in total. The first kappa shape index (κ1) is 17.9. The van der Waals surface area contributed by atoms with Crippen molar-refractivity contribution < 1.29 is 9.21 Å². The zero-order valence-electron chi connectivity index (χ0n) is 15.9. The van der Waals surface area contributed by atoms with E-state index in [1.54, 1.807) is 12.1 Å². The molecule has 0 unspecified atom stereocenters. The molecule has 0 saturated carbocycles. The number of rotatable bonds is 5. The van der Waals surface area contributed by atoms with Crippen molar-refractivity contribution in [2.24, 2.45) is 0 Å². The molecule has 1 aromatic heterocycles. The minimum atomic E-state index is -0.111. The molecule has 0 amide bonds. The third-order valence-electron chi connectivity index (χ3n) is 4.72. The Bertz CT molecular complexity index is 1100. The molecule has 3 aromatic carbocycles. The van der Waals surface area contributed by atoms with Crippen molar-refractivity contribution >= 4 is 28.5 Å². The van der Waals surface area contributed by atoms with Gasteiger partial charge in [0, 0.05) is 5.56 Å². The average Bonchev–Trinajstić information content (AvgIpc) is 3.16. The van der Waals surface area contributed by atoms with Gasteiger partial charge in [-0.15, -0.1) is 0 Å². The summed E-state index contributed by atoms with van der Waals surface area (Å²) < 4.78 is 5.91. The first-order valence-corrected chi connectivity index (χ1v) is 9.39. The van der Waals surface area contributed by atoms with E-state index in [0.717, 1.165) is 11.1 Å². The lowest BCUT2D eigenvalue weighted by Crippen LogP contribution is -2.03. The Labute approximate surface area is 164 Å². The smallest absolute Gasteiger partial charge is 0.231 e. The summed E-state index contributed by atoms with van der Waals surface area (Å²) in [5, 5.41) is 0. The Morgan fingerprint density at radius 3 is 2.25 bits per heavy atom. The highest BCUT2D eigenvalue weighted by atomic mass is 16.3. The zero-order chi connectivity index (χ0) is 19.5. The second kappa shape index (κ2) is 7.65. The van der Waals surface area contributed by atoms with Crippen LogP contribution in [0.1, 0.15) is 47.1 Å². The van der Waals surface area contributed by atoms with Crippen LogP contribution in [0.3, 0.4) is 0 Å². The maximum absolute atomic E-state index is 13.2. The minimum Gasteiger partial charge on any atom is -0.436 e. The lowest BCUT2D eigenvalue weighted by molar-refractivity contribution is 0.105. The van der Waals surface area contributed by atoms with Crippen molar-refractivity contribution in [2.75, 3.05) is 0 Å². The molecule has 0 aliphatic heterocycles. The van der Waals surface area contributed by atoms with E-state index in [0.29, 0.717) is 28.5 Å². The van der Waals surface area contributed by atoms with E-state index in [9.17, 15) is 4.79 Å². The molecule has 0 fully saturated rings. The number of oxazole rings is 1. The number of para-hydroxylation sites is 2. The Morgan fingerprint density at radius 2 is 1.57 bits per heavy atom. The maximum Gasteiger partial charge on any atom is 0.231 e. The number of carbonyl (C=O) groups is 1. The van der Waals surface area contributed by atoms with Gasteiger partial charge >= 0.3 is 0 Å². The zero-order valence-corrected chi connectivity index (χ0v) is 15.9. The summed E-state index contributed by atoms with van der Waals surface area (Å²) in [5.74, 6) is 0.684. The Morgan fingerprint density at radius 1 is 0.893 bits per heavy atom. The number of hydrogen-bond acceptors (Lipinski definition) is 3. The molecule has 0 N–H and O–H groups in total.